The number of aliphatic hydroxyl groups excluding tert-OH is 1. The van der Waals surface area contributed by atoms with Gasteiger partial charge in [0, 0.05) is 20.6 Å². The molecule has 21 heavy (non-hydrogen) atoms. The van der Waals surface area contributed by atoms with Crippen LogP contribution in [0.5, 0.6) is 0 Å². The van der Waals surface area contributed by atoms with E-state index in [0.29, 0.717) is 13.0 Å². The summed E-state index contributed by atoms with van der Waals surface area (Å²) in [4.78, 5) is 0. The van der Waals surface area contributed by atoms with Gasteiger partial charge in [0.2, 0.25) is 0 Å². The molecule has 4 atom stereocenters. The molecule has 0 aromatic heterocycles. The van der Waals surface area contributed by atoms with Gasteiger partial charge in [-0.3, -0.25) is 0 Å². The highest BCUT2D eigenvalue weighted by molar-refractivity contribution is 5.13. The molecule has 1 aliphatic rings. The quantitative estimate of drug-likeness (QED) is 0.555. The summed E-state index contributed by atoms with van der Waals surface area (Å²) in [6, 6.07) is 9.89. The molecule has 0 unspecified atom stereocenters. The fraction of sp³-hybridized carbons (Fsp3) is 0.625. The van der Waals surface area contributed by atoms with Crippen LogP contribution in [0.4, 0.5) is 0 Å². The first kappa shape index (κ1) is 16.4. The number of hydrogen-bond acceptors (Lipinski definition) is 5. The fourth-order valence-corrected chi connectivity index (χ4v) is 2.29. The first-order valence-electron chi connectivity index (χ1n) is 7.20. The van der Waals surface area contributed by atoms with Crippen molar-refractivity contribution in [3.8, 4) is 0 Å². The van der Waals surface area contributed by atoms with Crippen LogP contribution in [0.3, 0.4) is 0 Å². The first-order valence-corrected chi connectivity index (χ1v) is 7.20. The summed E-state index contributed by atoms with van der Waals surface area (Å²) in [5.74, 6) is 0. The predicted octanol–water partition coefficient (Wildman–Crippen LogP) is 1.73. The molecule has 0 radical (unpaired) electrons. The molecule has 0 amide bonds. The molecule has 1 fully saturated rings. The van der Waals surface area contributed by atoms with Crippen LogP contribution in [0.15, 0.2) is 30.3 Å². The molecular formula is C16H24O5. The van der Waals surface area contributed by atoms with Gasteiger partial charge < -0.3 is 24.1 Å². The lowest BCUT2D eigenvalue weighted by Crippen LogP contribution is -2.32. The van der Waals surface area contributed by atoms with Gasteiger partial charge in [-0.25, -0.2) is 0 Å². The van der Waals surface area contributed by atoms with Gasteiger partial charge in [0.05, 0.1) is 18.8 Å². The third kappa shape index (κ3) is 4.76. The summed E-state index contributed by atoms with van der Waals surface area (Å²) in [5, 5.41) is 10.2. The second-order valence-electron chi connectivity index (χ2n) is 5.27. The maximum atomic E-state index is 10.2. The van der Waals surface area contributed by atoms with Gasteiger partial charge in [-0.15, -0.1) is 0 Å². The number of methoxy groups -OCH3 is 2. The van der Waals surface area contributed by atoms with Crippen LogP contribution in [0.25, 0.3) is 0 Å². The van der Waals surface area contributed by atoms with E-state index < -0.39 is 6.10 Å². The SMILES string of the molecule is COC(C[C@H]1O[C@H]1[C@@H](O)[C@@H](C)OCc1ccccc1)OC. The van der Waals surface area contributed by atoms with Gasteiger partial charge in [-0.2, -0.15) is 0 Å². The molecule has 118 valence electrons. The molecule has 1 N–H and O–H groups in total. The summed E-state index contributed by atoms with van der Waals surface area (Å²) in [6.45, 7) is 2.34. The van der Waals surface area contributed by atoms with Crippen molar-refractivity contribution in [2.24, 2.45) is 0 Å². The van der Waals surface area contributed by atoms with Gasteiger partial charge >= 0.3 is 0 Å². The Morgan fingerprint density at radius 2 is 1.86 bits per heavy atom. The normalized spacial score (nSPS) is 24.0. The molecule has 0 bridgehead atoms. The topological polar surface area (TPSA) is 60.5 Å². The van der Waals surface area contributed by atoms with Gasteiger partial charge in [-0.1, -0.05) is 30.3 Å². The third-order valence-electron chi connectivity index (χ3n) is 3.75. The molecule has 1 aromatic rings. The zero-order chi connectivity index (χ0) is 15.2. The average Bonchev–Trinajstić information content (AvgIpc) is 3.29. The van der Waals surface area contributed by atoms with Crippen molar-refractivity contribution in [2.75, 3.05) is 14.2 Å². The Bertz CT molecular complexity index is 406. The second-order valence-corrected chi connectivity index (χ2v) is 5.27. The zero-order valence-electron chi connectivity index (χ0n) is 12.8. The first-order chi connectivity index (χ1) is 10.2. The van der Waals surface area contributed by atoms with Gasteiger partial charge in [0.1, 0.15) is 12.2 Å². The van der Waals surface area contributed by atoms with Crippen LogP contribution in [-0.4, -0.2) is 50.0 Å². The summed E-state index contributed by atoms with van der Waals surface area (Å²) < 4.78 is 21.5. The lowest BCUT2D eigenvalue weighted by atomic mass is 10.1. The van der Waals surface area contributed by atoms with Crippen molar-refractivity contribution in [3.63, 3.8) is 0 Å². The van der Waals surface area contributed by atoms with Crippen LogP contribution in [0, 0.1) is 0 Å². The van der Waals surface area contributed by atoms with Crippen molar-refractivity contribution in [3.05, 3.63) is 35.9 Å². The van der Waals surface area contributed by atoms with Crippen LogP contribution in [0.1, 0.15) is 18.9 Å². The fourth-order valence-electron chi connectivity index (χ4n) is 2.29. The third-order valence-corrected chi connectivity index (χ3v) is 3.75. The lowest BCUT2D eigenvalue weighted by Gasteiger charge is -2.18. The van der Waals surface area contributed by atoms with Gasteiger partial charge in [-0.05, 0) is 12.5 Å². The number of benzene rings is 1. The van der Waals surface area contributed by atoms with Crippen molar-refractivity contribution in [1.82, 2.24) is 0 Å². The van der Waals surface area contributed by atoms with E-state index in [1.807, 2.05) is 37.3 Å². The number of epoxide rings is 1. The summed E-state index contributed by atoms with van der Waals surface area (Å²) in [6.07, 6.45) is -0.860. The molecule has 0 saturated carbocycles. The van der Waals surface area contributed by atoms with E-state index >= 15 is 0 Å². The smallest absolute Gasteiger partial charge is 0.159 e. The van der Waals surface area contributed by atoms with Crippen molar-refractivity contribution in [1.29, 1.82) is 0 Å². The monoisotopic (exact) mass is 296 g/mol. The minimum atomic E-state index is -0.645. The highest BCUT2D eigenvalue weighted by Gasteiger charge is 2.47. The molecule has 5 heteroatoms. The lowest BCUT2D eigenvalue weighted by molar-refractivity contribution is -0.109. The van der Waals surface area contributed by atoms with Crippen molar-refractivity contribution in [2.45, 2.75) is 50.7 Å². The van der Waals surface area contributed by atoms with Crippen LogP contribution >= 0.6 is 0 Å². The highest BCUT2D eigenvalue weighted by atomic mass is 16.7. The Morgan fingerprint density at radius 3 is 2.48 bits per heavy atom. The van der Waals surface area contributed by atoms with Crippen molar-refractivity contribution < 1.29 is 24.1 Å². The molecular weight excluding hydrogens is 272 g/mol. The molecule has 1 heterocycles. The number of hydrogen-bond donors (Lipinski definition) is 1. The van der Waals surface area contributed by atoms with Crippen LogP contribution < -0.4 is 0 Å². The van der Waals surface area contributed by atoms with Crippen LogP contribution in [0.2, 0.25) is 0 Å². The summed E-state index contributed by atoms with van der Waals surface area (Å²) in [7, 11) is 3.18. The molecule has 1 aliphatic heterocycles. The van der Waals surface area contributed by atoms with E-state index in [2.05, 4.69) is 0 Å². The molecule has 1 aromatic carbocycles. The van der Waals surface area contributed by atoms with Crippen molar-refractivity contribution >= 4 is 0 Å². The Morgan fingerprint density at radius 1 is 1.19 bits per heavy atom. The second kappa shape index (κ2) is 7.87. The number of aliphatic hydroxyl groups is 1. The summed E-state index contributed by atoms with van der Waals surface area (Å²) >= 11 is 0. The number of ether oxygens (including phenoxy) is 4. The summed E-state index contributed by atoms with van der Waals surface area (Å²) in [5.41, 5.74) is 1.09. The number of rotatable bonds is 9. The standard InChI is InChI=1S/C16H24O5/c1-11(20-10-12-7-5-4-6-8-12)15(17)16-13(21-16)9-14(18-2)19-3/h4-8,11,13-17H,9-10H2,1-3H3/t11-,13-,15+,16-/m1/s1. The minimum Gasteiger partial charge on any atom is -0.388 e. The zero-order valence-corrected chi connectivity index (χ0v) is 12.8. The van der Waals surface area contributed by atoms with E-state index in [-0.39, 0.29) is 24.6 Å². The van der Waals surface area contributed by atoms with E-state index in [4.69, 9.17) is 18.9 Å². The molecule has 5 nitrogen and oxygen atoms in total. The van der Waals surface area contributed by atoms with Gasteiger partial charge in [0.25, 0.3) is 0 Å². The van der Waals surface area contributed by atoms with E-state index in [0.717, 1.165) is 5.56 Å². The average molecular weight is 296 g/mol. The van der Waals surface area contributed by atoms with Crippen LogP contribution in [-0.2, 0) is 25.6 Å². The highest BCUT2D eigenvalue weighted by Crippen LogP contribution is 2.32. The Kier molecular flexibility index (Phi) is 6.14. The predicted molar refractivity (Wildman–Crippen MR) is 77.8 cm³/mol. The maximum Gasteiger partial charge on any atom is 0.159 e. The largest absolute Gasteiger partial charge is 0.388 e. The van der Waals surface area contributed by atoms with E-state index in [1.54, 1.807) is 14.2 Å². The Labute approximate surface area is 125 Å². The maximum absolute atomic E-state index is 10.2. The molecule has 0 spiro atoms. The Balaban J connectivity index is 1.72. The molecule has 0 aliphatic carbocycles. The van der Waals surface area contributed by atoms with E-state index in [1.165, 1.54) is 0 Å². The van der Waals surface area contributed by atoms with E-state index in [9.17, 15) is 5.11 Å². The van der Waals surface area contributed by atoms with Gasteiger partial charge in [0.15, 0.2) is 6.29 Å². The molecule has 2 rings (SSSR count). The molecule has 1 saturated heterocycles. The Hall–Kier alpha value is -0.980. The minimum absolute atomic E-state index is 0.0346.